The highest BCUT2D eigenvalue weighted by atomic mass is 16.5. The highest BCUT2D eigenvalue weighted by Crippen LogP contribution is 2.20. The van der Waals surface area contributed by atoms with Crippen LogP contribution in [0.1, 0.15) is 16.8 Å². The van der Waals surface area contributed by atoms with E-state index >= 15 is 0 Å². The molecule has 0 radical (unpaired) electrons. The lowest BCUT2D eigenvalue weighted by atomic mass is 10.1. The predicted octanol–water partition coefficient (Wildman–Crippen LogP) is 2.15. The van der Waals surface area contributed by atoms with Gasteiger partial charge in [0, 0.05) is 12.5 Å². The molecule has 3 rings (SSSR count). The molecule has 3 aromatic rings. The molecule has 23 heavy (non-hydrogen) atoms. The molecule has 1 aromatic carbocycles. The van der Waals surface area contributed by atoms with Crippen LogP contribution in [0.25, 0.3) is 16.6 Å². The van der Waals surface area contributed by atoms with Crippen molar-refractivity contribution in [1.29, 1.82) is 0 Å². The molecule has 0 aliphatic rings. The van der Waals surface area contributed by atoms with E-state index < -0.39 is 0 Å². The first-order valence-electron chi connectivity index (χ1n) is 7.55. The molecular formula is C17H20N4O2. The van der Waals surface area contributed by atoms with Gasteiger partial charge in [0.1, 0.15) is 5.52 Å². The van der Waals surface area contributed by atoms with E-state index in [1.165, 1.54) is 10.2 Å². The summed E-state index contributed by atoms with van der Waals surface area (Å²) in [4.78, 5) is 12.8. The van der Waals surface area contributed by atoms with Crippen LogP contribution in [0, 0.1) is 20.8 Å². The van der Waals surface area contributed by atoms with Crippen LogP contribution < -0.4 is 5.56 Å². The van der Waals surface area contributed by atoms with E-state index in [0.717, 1.165) is 22.3 Å². The molecule has 0 bridgehead atoms. The molecule has 0 spiro atoms. The van der Waals surface area contributed by atoms with Crippen molar-refractivity contribution >= 4 is 10.9 Å². The highest BCUT2D eigenvalue weighted by molar-refractivity contribution is 5.81. The molecule has 0 aliphatic carbocycles. The van der Waals surface area contributed by atoms with Crippen LogP contribution in [0.15, 0.2) is 29.2 Å². The summed E-state index contributed by atoms with van der Waals surface area (Å²) in [5.74, 6) is 0. The second kappa shape index (κ2) is 5.96. The third kappa shape index (κ3) is 2.66. The number of aryl methyl sites for hydroxylation is 3. The maximum Gasteiger partial charge on any atom is 0.293 e. The molecule has 2 aromatic heterocycles. The second-order valence-corrected chi connectivity index (χ2v) is 5.72. The zero-order valence-corrected chi connectivity index (χ0v) is 13.8. The standard InChI is InChI=1S/C17H20N4O2/c1-11-5-6-15(12(2)9-11)21-16-14(10-18-21)13(3)19-20(17(16)22)7-8-23-4/h5-6,9-10H,7-8H2,1-4H3. The normalized spacial score (nSPS) is 11.3. The largest absolute Gasteiger partial charge is 0.383 e. The number of ether oxygens (including phenoxy) is 1. The monoisotopic (exact) mass is 312 g/mol. The van der Waals surface area contributed by atoms with Crippen LogP contribution >= 0.6 is 0 Å². The van der Waals surface area contributed by atoms with Crippen molar-refractivity contribution in [2.75, 3.05) is 13.7 Å². The summed E-state index contributed by atoms with van der Waals surface area (Å²) < 4.78 is 8.22. The molecule has 6 heteroatoms. The number of rotatable bonds is 4. The van der Waals surface area contributed by atoms with Gasteiger partial charge in [0.25, 0.3) is 5.56 Å². The van der Waals surface area contributed by atoms with Crippen molar-refractivity contribution in [3.05, 3.63) is 51.6 Å². The van der Waals surface area contributed by atoms with Crippen LogP contribution in [0.2, 0.25) is 0 Å². The molecule has 0 saturated heterocycles. The van der Waals surface area contributed by atoms with Crippen molar-refractivity contribution in [3.63, 3.8) is 0 Å². The summed E-state index contributed by atoms with van der Waals surface area (Å²) in [5, 5.41) is 9.57. The van der Waals surface area contributed by atoms with Crippen LogP contribution in [-0.2, 0) is 11.3 Å². The smallest absolute Gasteiger partial charge is 0.293 e. The number of hydrogen-bond donors (Lipinski definition) is 0. The summed E-state index contributed by atoms with van der Waals surface area (Å²) in [6.07, 6.45) is 1.71. The van der Waals surface area contributed by atoms with Crippen LogP contribution in [-0.4, -0.2) is 33.3 Å². The SMILES string of the molecule is COCCn1nc(C)c2cnn(-c3ccc(C)cc3C)c2c1=O. The Kier molecular flexibility index (Phi) is 4.00. The minimum absolute atomic E-state index is 0.153. The highest BCUT2D eigenvalue weighted by Gasteiger charge is 2.15. The molecule has 0 saturated carbocycles. The molecule has 120 valence electrons. The Hall–Kier alpha value is -2.47. The van der Waals surface area contributed by atoms with Crippen molar-refractivity contribution in [1.82, 2.24) is 19.6 Å². The molecule has 0 aliphatic heterocycles. The fourth-order valence-corrected chi connectivity index (χ4v) is 2.78. The summed E-state index contributed by atoms with van der Waals surface area (Å²) in [6, 6.07) is 6.10. The quantitative estimate of drug-likeness (QED) is 0.740. The average Bonchev–Trinajstić information content (AvgIpc) is 2.95. The number of benzene rings is 1. The van der Waals surface area contributed by atoms with Crippen molar-refractivity contribution in [2.24, 2.45) is 0 Å². The lowest BCUT2D eigenvalue weighted by Crippen LogP contribution is -2.27. The number of nitrogens with zero attached hydrogens (tertiary/aromatic N) is 4. The van der Waals surface area contributed by atoms with Gasteiger partial charge in [-0.15, -0.1) is 0 Å². The van der Waals surface area contributed by atoms with Gasteiger partial charge in [-0.3, -0.25) is 4.79 Å². The molecule has 0 atom stereocenters. The summed E-state index contributed by atoms with van der Waals surface area (Å²) in [5.41, 5.74) is 4.35. The fraction of sp³-hybridized carbons (Fsp3) is 0.353. The van der Waals surface area contributed by atoms with Crippen molar-refractivity contribution < 1.29 is 4.74 Å². The van der Waals surface area contributed by atoms with E-state index in [1.807, 2.05) is 32.9 Å². The van der Waals surface area contributed by atoms with Gasteiger partial charge in [0.15, 0.2) is 0 Å². The summed E-state index contributed by atoms with van der Waals surface area (Å²) in [7, 11) is 1.61. The van der Waals surface area contributed by atoms with Crippen LogP contribution in [0.3, 0.4) is 0 Å². The molecule has 6 nitrogen and oxygen atoms in total. The Morgan fingerprint density at radius 2 is 2.00 bits per heavy atom. The first-order chi connectivity index (χ1) is 11.0. The van der Waals surface area contributed by atoms with E-state index in [2.05, 4.69) is 16.3 Å². The Bertz CT molecular complexity index is 924. The second-order valence-electron chi connectivity index (χ2n) is 5.72. The topological polar surface area (TPSA) is 61.9 Å². The maximum atomic E-state index is 12.8. The van der Waals surface area contributed by atoms with E-state index in [4.69, 9.17) is 4.74 Å². The predicted molar refractivity (Wildman–Crippen MR) is 89.2 cm³/mol. The lowest BCUT2D eigenvalue weighted by Gasteiger charge is -2.10. The molecule has 0 N–H and O–H groups in total. The number of hydrogen-bond acceptors (Lipinski definition) is 4. The third-order valence-electron chi connectivity index (χ3n) is 3.95. The van der Waals surface area contributed by atoms with E-state index in [9.17, 15) is 4.79 Å². The zero-order valence-electron chi connectivity index (χ0n) is 13.8. The average molecular weight is 312 g/mol. The Balaban J connectivity index is 2.26. The van der Waals surface area contributed by atoms with Gasteiger partial charge in [-0.1, -0.05) is 17.7 Å². The third-order valence-corrected chi connectivity index (χ3v) is 3.95. The first-order valence-corrected chi connectivity index (χ1v) is 7.55. The fourth-order valence-electron chi connectivity index (χ4n) is 2.78. The lowest BCUT2D eigenvalue weighted by molar-refractivity contribution is 0.182. The van der Waals surface area contributed by atoms with Gasteiger partial charge >= 0.3 is 0 Å². The zero-order chi connectivity index (χ0) is 16.6. The van der Waals surface area contributed by atoms with Gasteiger partial charge in [-0.05, 0) is 32.4 Å². The van der Waals surface area contributed by atoms with Gasteiger partial charge < -0.3 is 4.74 Å². The van der Waals surface area contributed by atoms with Crippen LogP contribution in [0.4, 0.5) is 0 Å². The maximum absolute atomic E-state index is 12.8. The van der Waals surface area contributed by atoms with E-state index in [-0.39, 0.29) is 5.56 Å². The first kappa shape index (κ1) is 15.4. The molecule has 0 fully saturated rings. The Morgan fingerprint density at radius 1 is 1.22 bits per heavy atom. The van der Waals surface area contributed by atoms with E-state index in [0.29, 0.717) is 18.7 Å². The summed E-state index contributed by atoms with van der Waals surface area (Å²) in [6.45, 7) is 6.82. The number of aromatic nitrogens is 4. The van der Waals surface area contributed by atoms with Gasteiger partial charge in [0.05, 0.1) is 30.7 Å². The minimum atomic E-state index is -0.153. The van der Waals surface area contributed by atoms with Gasteiger partial charge in [-0.25, -0.2) is 9.36 Å². The van der Waals surface area contributed by atoms with Crippen LogP contribution in [0.5, 0.6) is 0 Å². The number of fused-ring (bicyclic) bond motifs is 1. The molecule has 2 heterocycles. The Labute approximate surface area is 134 Å². The minimum Gasteiger partial charge on any atom is -0.383 e. The Morgan fingerprint density at radius 3 is 2.70 bits per heavy atom. The van der Waals surface area contributed by atoms with E-state index in [1.54, 1.807) is 18.0 Å². The van der Waals surface area contributed by atoms with Gasteiger partial charge in [-0.2, -0.15) is 10.2 Å². The van der Waals surface area contributed by atoms with Gasteiger partial charge in [0.2, 0.25) is 0 Å². The van der Waals surface area contributed by atoms with Crippen molar-refractivity contribution in [2.45, 2.75) is 27.3 Å². The molecular weight excluding hydrogens is 292 g/mol. The summed E-state index contributed by atoms with van der Waals surface area (Å²) >= 11 is 0. The number of methoxy groups -OCH3 is 1. The van der Waals surface area contributed by atoms with Crippen molar-refractivity contribution in [3.8, 4) is 5.69 Å². The molecule has 0 unspecified atom stereocenters. The molecule has 0 amide bonds.